The minimum Gasteiger partial charge on any atom is -0.490 e. The van der Waals surface area contributed by atoms with Gasteiger partial charge in [-0.25, -0.2) is 15.0 Å². The lowest BCUT2D eigenvalue weighted by atomic mass is 10.5. The standard InChI is InChI=1S/C8H8N4O2S/c1-13-5-6(9)11-4-12-7(5)15-8-10-2-3-14-8/h2-4H,1H3,(H2,9,11,12). The number of ether oxygens (including phenoxy) is 1. The molecule has 0 atom stereocenters. The fourth-order valence-corrected chi connectivity index (χ4v) is 1.74. The average Bonchev–Trinajstić information content (AvgIpc) is 2.71. The van der Waals surface area contributed by atoms with Crippen LogP contribution in [0.4, 0.5) is 5.82 Å². The number of nitrogen functional groups attached to an aromatic ring is 1. The van der Waals surface area contributed by atoms with Crippen molar-refractivity contribution in [1.82, 2.24) is 15.0 Å². The van der Waals surface area contributed by atoms with Gasteiger partial charge in [-0.05, 0) is 11.8 Å². The van der Waals surface area contributed by atoms with Crippen molar-refractivity contribution in [2.75, 3.05) is 12.8 Å². The smallest absolute Gasteiger partial charge is 0.262 e. The molecule has 0 aliphatic heterocycles. The normalized spacial score (nSPS) is 10.2. The first kappa shape index (κ1) is 9.78. The Morgan fingerprint density at radius 2 is 2.27 bits per heavy atom. The Kier molecular flexibility index (Phi) is 2.72. The topological polar surface area (TPSA) is 87.1 Å². The number of rotatable bonds is 3. The van der Waals surface area contributed by atoms with Gasteiger partial charge in [0.15, 0.2) is 16.6 Å². The number of methoxy groups -OCH3 is 1. The van der Waals surface area contributed by atoms with Gasteiger partial charge in [-0.3, -0.25) is 0 Å². The molecule has 0 fully saturated rings. The third-order valence-electron chi connectivity index (χ3n) is 1.60. The van der Waals surface area contributed by atoms with Gasteiger partial charge in [0.2, 0.25) is 0 Å². The third-order valence-corrected chi connectivity index (χ3v) is 2.46. The van der Waals surface area contributed by atoms with Crippen LogP contribution in [0.3, 0.4) is 0 Å². The Labute approximate surface area is 89.9 Å². The monoisotopic (exact) mass is 224 g/mol. The van der Waals surface area contributed by atoms with E-state index in [-0.39, 0.29) is 0 Å². The Morgan fingerprint density at radius 1 is 1.40 bits per heavy atom. The zero-order valence-corrected chi connectivity index (χ0v) is 8.69. The second kappa shape index (κ2) is 4.18. The Morgan fingerprint density at radius 3 is 2.93 bits per heavy atom. The molecule has 2 aromatic rings. The number of hydrogen-bond donors (Lipinski definition) is 1. The molecule has 15 heavy (non-hydrogen) atoms. The number of hydrogen-bond acceptors (Lipinski definition) is 7. The molecule has 0 aliphatic carbocycles. The van der Waals surface area contributed by atoms with E-state index in [0.717, 1.165) is 0 Å². The Hall–Kier alpha value is -1.76. The SMILES string of the molecule is COc1c(N)ncnc1Sc1ncco1. The number of nitrogens with two attached hydrogens (primary N) is 1. The second-order valence-corrected chi connectivity index (χ2v) is 3.44. The second-order valence-electron chi connectivity index (χ2n) is 2.50. The third kappa shape index (κ3) is 2.01. The van der Waals surface area contributed by atoms with E-state index in [2.05, 4.69) is 15.0 Å². The van der Waals surface area contributed by atoms with E-state index < -0.39 is 0 Å². The van der Waals surface area contributed by atoms with Crippen LogP contribution in [-0.2, 0) is 0 Å². The Bertz CT molecular complexity index is 446. The molecule has 7 heteroatoms. The Balaban J connectivity index is 2.32. The first-order valence-electron chi connectivity index (χ1n) is 4.03. The van der Waals surface area contributed by atoms with Crippen LogP contribution in [0.2, 0.25) is 0 Å². The van der Waals surface area contributed by atoms with E-state index in [0.29, 0.717) is 21.8 Å². The van der Waals surface area contributed by atoms with Crippen molar-refractivity contribution in [2.24, 2.45) is 0 Å². The number of aromatic nitrogens is 3. The summed E-state index contributed by atoms with van der Waals surface area (Å²) in [5.41, 5.74) is 5.62. The van der Waals surface area contributed by atoms with Gasteiger partial charge in [-0.1, -0.05) is 0 Å². The molecule has 2 rings (SSSR count). The summed E-state index contributed by atoms with van der Waals surface area (Å²) >= 11 is 1.23. The number of oxazole rings is 1. The highest BCUT2D eigenvalue weighted by atomic mass is 32.2. The molecular weight excluding hydrogens is 216 g/mol. The molecule has 0 bridgehead atoms. The largest absolute Gasteiger partial charge is 0.490 e. The zero-order chi connectivity index (χ0) is 10.7. The van der Waals surface area contributed by atoms with Gasteiger partial charge in [0.05, 0.1) is 13.3 Å². The molecule has 0 saturated heterocycles. The van der Waals surface area contributed by atoms with E-state index >= 15 is 0 Å². The van der Waals surface area contributed by atoms with Crippen LogP contribution in [0.25, 0.3) is 0 Å². The maximum Gasteiger partial charge on any atom is 0.262 e. The molecule has 0 aliphatic rings. The van der Waals surface area contributed by atoms with Crippen molar-refractivity contribution in [3.63, 3.8) is 0 Å². The van der Waals surface area contributed by atoms with Gasteiger partial charge < -0.3 is 14.9 Å². The molecule has 0 amide bonds. The molecule has 2 N–H and O–H groups in total. The van der Waals surface area contributed by atoms with Gasteiger partial charge in [-0.2, -0.15) is 0 Å². The molecular formula is C8H8N4O2S. The van der Waals surface area contributed by atoms with Gasteiger partial charge in [-0.15, -0.1) is 0 Å². The quantitative estimate of drug-likeness (QED) is 0.784. The number of nitrogens with zero attached hydrogens (tertiary/aromatic N) is 3. The highest BCUT2D eigenvalue weighted by Gasteiger charge is 2.12. The fourth-order valence-electron chi connectivity index (χ4n) is 0.978. The van der Waals surface area contributed by atoms with Gasteiger partial charge in [0.25, 0.3) is 5.22 Å². The van der Waals surface area contributed by atoms with Crippen LogP contribution in [0.5, 0.6) is 5.75 Å². The van der Waals surface area contributed by atoms with Crippen molar-refractivity contribution >= 4 is 17.6 Å². The molecule has 0 spiro atoms. The summed E-state index contributed by atoms with van der Waals surface area (Å²) in [6.45, 7) is 0. The van der Waals surface area contributed by atoms with E-state index in [1.54, 1.807) is 6.20 Å². The average molecular weight is 224 g/mol. The molecule has 0 radical (unpaired) electrons. The summed E-state index contributed by atoms with van der Waals surface area (Å²) in [5.74, 6) is 0.724. The molecule has 2 aromatic heterocycles. The summed E-state index contributed by atoms with van der Waals surface area (Å²) in [7, 11) is 1.51. The molecule has 0 aromatic carbocycles. The van der Waals surface area contributed by atoms with Gasteiger partial charge in [0.1, 0.15) is 12.6 Å². The minimum atomic E-state index is 0.293. The molecule has 0 saturated carbocycles. The van der Waals surface area contributed by atoms with Crippen LogP contribution < -0.4 is 10.5 Å². The molecule has 78 valence electrons. The minimum absolute atomic E-state index is 0.293. The maximum absolute atomic E-state index is 5.62. The van der Waals surface area contributed by atoms with Crippen molar-refractivity contribution < 1.29 is 9.15 Å². The van der Waals surface area contributed by atoms with Crippen LogP contribution in [-0.4, -0.2) is 22.1 Å². The summed E-state index contributed by atoms with van der Waals surface area (Å²) in [6.07, 6.45) is 4.40. The van der Waals surface area contributed by atoms with Crippen molar-refractivity contribution in [3.05, 3.63) is 18.8 Å². The van der Waals surface area contributed by atoms with Crippen molar-refractivity contribution in [3.8, 4) is 5.75 Å². The van der Waals surface area contributed by atoms with Crippen LogP contribution in [0.15, 0.2) is 33.5 Å². The summed E-state index contributed by atoms with van der Waals surface area (Å²) in [5, 5.41) is 1.05. The van der Waals surface area contributed by atoms with Gasteiger partial charge in [0, 0.05) is 0 Å². The molecule has 0 unspecified atom stereocenters. The lowest BCUT2D eigenvalue weighted by molar-refractivity contribution is 0.399. The zero-order valence-electron chi connectivity index (χ0n) is 7.88. The lowest BCUT2D eigenvalue weighted by Crippen LogP contribution is -1.98. The first-order valence-corrected chi connectivity index (χ1v) is 4.84. The van der Waals surface area contributed by atoms with Gasteiger partial charge >= 0.3 is 0 Å². The van der Waals surface area contributed by atoms with E-state index in [9.17, 15) is 0 Å². The first-order chi connectivity index (χ1) is 7.31. The predicted octanol–water partition coefficient (Wildman–Crippen LogP) is 1.21. The lowest BCUT2D eigenvalue weighted by Gasteiger charge is -2.05. The fraction of sp³-hybridized carbons (Fsp3) is 0.125. The van der Waals surface area contributed by atoms with Crippen molar-refractivity contribution in [1.29, 1.82) is 0 Å². The van der Waals surface area contributed by atoms with E-state index in [1.165, 1.54) is 31.5 Å². The molecule has 2 heterocycles. The highest BCUT2D eigenvalue weighted by Crippen LogP contribution is 2.34. The van der Waals surface area contributed by atoms with Crippen LogP contribution >= 0.6 is 11.8 Å². The summed E-state index contributed by atoms with van der Waals surface area (Å²) in [4.78, 5) is 11.8. The van der Waals surface area contributed by atoms with Crippen LogP contribution in [0, 0.1) is 0 Å². The van der Waals surface area contributed by atoms with Crippen LogP contribution in [0.1, 0.15) is 0 Å². The predicted molar refractivity (Wildman–Crippen MR) is 53.6 cm³/mol. The summed E-state index contributed by atoms with van der Waals surface area (Å²) < 4.78 is 10.2. The number of anilines is 1. The van der Waals surface area contributed by atoms with E-state index in [1.807, 2.05) is 0 Å². The van der Waals surface area contributed by atoms with E-state index in [4.69, 9.17) is 14.9 Å². The molecule has 6 nitrogen and oxygen atoms in total. The van der Waals surface area contributed by atoms with Crippen molar-refractivity contribution in [2.45, 2.75) is 10.2 Å². The summed E-state index contributed by atoms with van der Waals surface area (Å²) in [6, 6.07) is 0. The highest BCUT2D eigenvalue weighted by molar-refractivity contribution is 7.99. The maximum atomic E-state index is 5.62.